The van der Waals surface area contributed by atoms with E-state index in [-0.39, 0.29) is 29.1 Å². The van der Waals surface area contributed by atoms with Crippen molar-refractivity contribution >= 4 is 27.5 Å². The van der Waals surface area contributed by atoms with Crippen LogP contribution in [0, 0.1) is 5.82 Å². The van der Waals surface area contributed by atoms with Gasteiger partial charge in [-0.05, 0) is 49.6 Å². The van der Waals surface area contributed by atoms with Crippen molar-refractivity contribution in [2.75, 3.05) is 10.8 Å². The van der Waals surface area contributed by atoms with E-state index < -0.39 is 34.3 Å². The van der Waals surface area contributed by atoms with Gasteiger partial charge in [0.05, 0.1) is 10.6 Å². The number of benzene rings is 3. The first kappa shape index (κ1) is 28.8. The molecule has 0 aliphatic rings. The van der Waals surface area contributed by atoms with Crippen LogP contribution in [0.25, 0.3) is 0 Å². The number of anilines is 1. The van der Waals surface area contributed by atoms with Crippen molar-refractivity contribution in [3.63, 3.8) is 0 Å². The summed E-state index contributed by atoms with van der Waals surface area (Å²) >= 11 is 0. The van der Waals surface area contributed by atoms with Gasteiger partial charge in [0, 0.05) is 12.6 Å². The number of carbonyl (C=O) groups excluding carboxylic acids is 2. The van der Waals surface area contributed by atoms with E-state index in [9.17, 15) is 22.4 Å². The Balaban J connectivity index is 2.04. The van der Waals surface area contributed by atoms with Crippen molar-refractivity contribution in [2.24, 2.45) is 0 Å². The standard InChI is InChI=1S/C29H34FN3O4S/c1-4-22(3)31-29(35)26(5-2)32(20-23-14-8-6-9-15-23)28(34)21-33(27-19-13-12-18-25(27)30)38(36,37)24-16-10-7-11-17-24/h6-19,22,26H,4-5,20-21H2,1-3H3,(H,31,35). The first-order chi connectivity index (χ1) is 18.2. The van der Waals surface area contributed by atoms with Crippen molar-refractivity contribution in [1.29, 1.82) is 0 Å². The normalized spacial score (nSPS) is 12.8. The number of nitrogens with zero attached hydrogens (tertiary/aromatic N) is 2. The Bertz CT molecular complexity index is 1320. The van der Waals surface area contributed by atoms with E-state index in [0.29, 0.717) is 12.8 Å². The zero-order valence-corrected chi connectivity index (χ0v) is 22.7. The van der Waals surface area contributed by atoms with Gasteiger partial charge in [-0.25, -0.2) is 12.8 Å². The second kappa shape index (κ2) is 13.2. The van der Waals surface area contributed by atoms with Gasteiger partial charge in [-0.1, -0.05) is 74.5 Å². The van der Waals surface area contributed by atoms with Gasteiger partial charge in [0.25, 0.3) is 10.0 Å². The SMILES string of the molecule is CCC(C)NC(=O)C(CC)N(Cc1ccccc1)C(=O)CN(c1ccccc1F)S(=O)(=O)c1ccccc1. The molecule has 2 amide bonds. The number of rotatable bonds is 12. The van der Waals surface area contributed by atoms with Gasteiger partial charge in [0.2, 0.25) is 11.8 Å². The molecule has 7 nitrogen and oxygen atoms in total. The lowest BCUT2D eigenvalue weighted by atomic mass is 10.1. The average Bonchev–Trinajstić information content (AvgIpc) is 2.92. The van der Waals surface area contributed by atoms with Gasteiger partial charge in [0.1, 0.15) is 18.4 Å². The molecule has 38 heavy (non-hydrogen) atoms. The number of halogens is 1. The van der Waals surface area contributed by atoms with Crippen LogP contribution in [0.4, 0.5) is 10.1 Å². The fourth-order valence-electron chi connectivity index (χ4n) is 4.03. The molecule has 0 aliphatic heterocycles. The molecule has 0 bridgehead atoms. The lowest BCUT2D eigenvalue weighted by Crippen LogP contribution is -2.53. The summed E-state index contributed by atoms with van der Waals surface area (Å²) < 4.78 is 43.0. The number of nitrogens with one attached hydrogen (secondary N) is 1. The fourth-order valence-corrected chi connectivity index (χ4v) is 5.47. The van der Waals surface area contributed by atoms with Gasteiger partial charge >= 0.3 is 0 Å². The Morgan fingerprint density at radius 1 is 0.868 bits per heavy atom. The summed E-state index contributed by atoms with van der Waals surface area (Å²) in [5.41, 5.74) is 0.528. The molecule has 202 valence electrons. The second-order valence-electron chi connectivity index (χ2n) is 9.03. The molecule has 1 N–H and O–H groups in total. The molecule has 0 fully saturated rings. The van der Waals surface area contributed by atoms with E-state index >= 15 is 0 Å². The van der Waals surface area contributed by atoms with Crippen LogP contribution >= 0.6 is 0 Å². The van der Waals surface area contributed by atoms with E-state index in [1.54, 1.807) is 25.1 Å². The highest BCUT2D eigenvalue weighted by Gasteiger charge is 2.34. The Hall–Kier alpha value is -3.72. The van der Waals surface area contributed by atoms with Crippen LogP contribution in [0.1, 0.15) is 39.2 Å². The van der Waals surface area contributed by atoms with E-state index in [0.717, 1.165) is 15.9 Å². The van der Waals surface area contributed by atoms with Crippen molar-refractivity contribution in [3.05, 3.63) is 96.3 Å². The van der Waals surface area contributed by atoms with Gasteiger partial charge in [0.15, 0.2) is 0 Å². The molecule has 0 heterocycles. The monoisotopic (exact) mass is 539 g/mol. The topological polar surface area (TPSA) is 86.8 Å². The molecule has 3 aromatic carbocycles. The minimum atomic E-state index is -4.31. The molecule has 0 aliphatic carbocycles. The van der Waals surface area contributed by atoms with Crippen LogP contribution in [0.15, 0.2) is 89.8 Å². The number of sulfonamides is 1. The van der Waals surface area contributed by atoms with Crippen molar-refractivity contribution < 1.29 is 22.4 Å². The zero-order valence-electron chi connectivity index (χ0n) is 21.9. The number of para-hydroxylation sites is 1. The smallest absolute Gasteiger partial charge is 0.264 e. The molecule has 9 heteroatoms. The van der Waals surface area contributed by atoms with Crippen molar-refractivity contribution in [1.82, 2.24) is 10.2 Å². The molecule has 3 rings (SSSR count). The Kier molecular flexibility index (Phi) is 10.0. The second-order valence-corrected chi connectivity index (χ2v) is 10.9. The first-order valence-electron chi connectivity index (χ1n) is 12.6. The predicted octanol–water partition coefficient (Wildman–Crippen LogP) is 4.74. The summed E-state index contributed by atoms with van der Waals surface area (Å²) in [6, 6.07) is 21.2. The Morgan fingerprint density at radius 3 is 2.03 bits per heavy atom. The molecule has 0 aromatic heterocycles. The molecule has 0 saturated carbocycles. The molecular weight excluding hydrogens is 505 g/mol. The predicted molar refractivity (Wildman–Crippen MR) is 146 cm³/mol. The van der Waals surface area contributed by atoms with Crippen molar-refractivity contribution in [2.45, 2.75) is 57.1 Å². The van der Waals surface area contributed by atoms with Crippen LogP contribution in [-0.4, -0.2) is 43.8 Å². The van der Waals surface area contributed by atoms with E-state index in [1.807, 2.05) is 44.2 Å². The molecule has 3 aromatic rings. The number of amides is 2. The van der Waals surface area contributed by atoms with Gasteiger partial charge in [-0.2, -0.15) is 0 Å². The summed E-state index contributed by atoms with van der Waals surface area (Å²) in [7, 11) is -4.31. The maximum absolute atomic E-state index is 14.9. The highest BCUT2D eigenvalue weighted by Crippen LogP contribution is 2.27. The molecule has 0 spiro atoms. The lowest BCUT2D eigenvalue weighted by molar-refractivity contribution is -0.140. The van der Waals surface area contributed by atoms with E-state index in [2.05, 4.69) is 5.32 Å². The number of hydrogen-bond donors (Lipinski definition) is 1. The largest absolute Gasteiger partial charge is 0.352 e. The summed E-state index contributed by atoms with van der Waals surface area (Å²) in [5.74, 6) is -1.73. The molecule has 0 radical (unpaired) electrons. The van der Waals surface area contributed by atoms with Gasteiger partial charge in [-0.3, -0.25) is 13.9 Å². The van der Waals surface area contributed by atoms with E-state index in [4.69, 9.17) is 0 Å². The third-order valence-electron chi connectivity index (χ3n) is 6.31. The summed E-state index contributed by atoms with van der Waals surface area (Å²) in [4.78, 5) is 28.4. The third kappa shape index (κ3) is 6.98. The average molecular weight is 540 g/mol. The summed E-state index contributed by atoms with van der Waals surface area (Å²) in [5, 5.41) is 2.93. The highest BCUT2D eigenvalue weighted by molar-refractivity contribution is 7.92. The Labute approximate surface area is 224 Å². The number of carbonyl (C=O) groups is 2. The number of hydrogen-bond acceptors (Lipinski definition) is 4. The van der Waals surface area contributed by atoms with Crippen LogP contribution in [0.3, 0.4) is 0 Å². The maximum atomic E-state index is 14.9. The van der Waals surface area contributed by atoms with Crippen LogP contribution in [0.2, 0.25) is 0 Å². The van der Waals surface area contributed by atoms with Gasteiger partial charge < -0.3 is 10.2 Å². The fraction of sp³-hybridized carbons (Fsp3) is 0.310. The molecule has 0 saturated heterocycles. The molecule has 2 unspecified atom stereocenters. The van der Waals surface area contributed by atoms with Crippen LogP contribution in [0.5, 0.6) is 0 Å². The zero-order chi connectivity index (χ0) is 27.7. The molecular formula is C29H34FN3O4S. The van der Waals surface area contributed by atoms with Crippen LogP contribution in [-0.2, 0) is 26.2 Å². The minimum Gasteiger partial charge on any atom is -0.352 e. The quantitative estimate of drug-likeness (QED) is 0.360. The minimum absolute atomic E-state index is 0.0767. The maximum Gasteiger partial charge on any atom is 0.264 e. The summed E-state index contributed by atoms with van der Waals surface area (Å²) in [6.45, 7) is 5.02. The highest BCUT2D eigenvalue weighted by atomic mass is 32.2. The lowest BCUT2D eigenvalue weighted by Gasteiger charge is -2.33. The van der Waals surface area contributed by atoms with E-state index in [1.165, 1.54) is 35.2 Å². The van der Waals surface area contributed by atoms with Crippen molar-refractivity contribution in [3.8, 4) is 0 Å². The molecule has 2 atom stereocenters. The first-order valence-corrected chi connectivity index (χ1v) is 14.1. The third-order valence-corrected chi connectivity index (χ3v) is 8.09. The Morgan fingerprint density at radius 2 is 1.45 bits per heavy atom. The van der Waals surface area contributed by atoms with Gasteiger partial charge in [-0.15, -0.1) is 0 Å². The summed E-state index contributed by atoms with van der Waals surface area (Å²) in [6.07, 6.45) is 1.02. The van der Waals surface area contributed by atoms with Crippen LogP contribution < -0.4 is 9.62 Å².